The molecular weight excluding hydrogens is 396 g/mol. The van der Waals surface area contributed by atoms with E-state index < -0.39 is 0 Å². The van der Waals surface area contributed by atoms with E-state index in [9.17, 15) is 4.79 Å². The normalized spacial score (nSPS) is 14.2. The molecule has 0 aliphatic carbocycles. The fraction of sp³-hybridized carbons (Fsp3) is 0.261. The zero-order valence-corrected chi connectivity index (χ0v) is 17.2. The summed E-state index contributed by atoms with van der Waals surface area (Å²) in [5.41, 5.74) is 3.35. The van der Waals surface area contributed by atoms with Crippen molar-refractivity contribution in [3.63, 3.8) is 0 Å². The Morgan fingerprint density at radius 1 is 1.06 bits per heavy atom. The lowest BCUT2D eigenvalue weighted by Crippen LogP contribution is -2.48. The molecule has 158 valence electrons. The standard InChI is InChI=1S/C23H22N4O4/c1-29-18-6-4-5-16(14-18)13-17-15-21(31-25-17)22(28)26-9-11-27(12-10-26)23-24-19-7-2-3-8-20(19)30-23/h2-8,14-15H,9-13H2,1H3. The molecule has 2 aromatic carbocycles. The van der Waals surface area contributed by atoms with E-state index >= 15 is 0 Å². The van der Waals surface area contributed by atoms with Gasteiger partial charge in [0, 0.05) is 38.7 Å². The Labute approximate surface area is 179 Å². The quantitative estimate of drug-likeness (QED) is 0.491. The number of anilines is 1. The minimum atomic E-state index is -0.151. The smallest absolute Gasteiger partial charge is 0.298 e. The number of methoxy groups -OCH3 is 1. The van der Waals surface area contributed by atoms with Gasteiger partial charge in [-0.05, 0) is 29.8 Å². The summed E-state index contributed by atoms with van der Waals surface area (Å²) in [7, 11) is 1.63. The Kier molecular flexibility index (Phi) is 5.03. The monoisotopic (exact) mass is 418 g/mol. The number of benzene rings is 2. The van der Waals surface area contributed by atoms with Gasteiger partial charge in [0.15, 0.2) is 5.58 Å². The average molecular weight is 418 g/mol. The van der Waals surface area contributed by atoms with E-state index in [1.54, 1.807) is 18.1 Å². The molecule has 0 spiro atoms. The van der Waals surface area contributed by atoms with Gasteiger partial charge in [-0.1, -0.05) is 29.4 Å². The van der Waals surface area contributed by atoms with Crippen LogP contribution in [0.5, 0.6) is 5.75 Å². The van der Waals surface area contributed by atoms with Gasteiger partial charge >= 0.3 is 0 Å². The van der Waals surface area contributed by atoms with Crippen molar-refractivity contribution in [2.45, 2.75) is 6.42 Å². The number of amides is 1. The number of piperazine rings is 1. The molecule has 31 heavy (non-hydrogen) atoms. The molecule has 0 saturated carbocycles. The van der Waals surface area contributed by atoms with Crippen molar-refractivity contribution in [2.24, 2.45) is 0 Å². The van der Waals surface area contributed by atoms with E-state index in [0.29, 0.717) is 44.3 Å². The van der Waals surface area contributed by atoms with Crippen LogP contribution >= 0.6 is 0 Å². The summed E-state index contributed by atoms with van der Waals surface area (Å²) >= 11 is 0. The maximum atomic E-state index is 12.9. The number of ether oxygens (including phenoxy) is 1. The molecule has 1 aliphatic rings. The predicted molar refractivity (Wildman–Crippen MR) is 114 cm³/mol. The van der Waals surface area contributed by atoms with Crippen LogP contribution in [0.15, 0.2) is 63.5 Å². The highest BCUT2D eigenvalue weighted by Gasteiger charge is 2.27. The molecule has 0 radical (unpaired) electrons. The number of para-hydroxylation sites is 2. The second-order valence-corrected chi connectivity index (χ2v) is 7.45. The Morgan fingerprint density at radius 2 is 1.90 bits per heavy atom. The van der Waals surface area contributed by atoms with Crippen LogP contribution in [0, 0.1) is 0 Å². The van der Waals surface area contributed by atoms with Crippen molar-refractivity contribution >= 4 is 23.0 Å². The largest absolute Gasteiger partial charge is 0.497 e. The summed E-state index contributed by atoms with van der Waals surface area (Å²) in [6.45, 7) is 2.40. The second-order valence-electron chi connectivity index (χ2n) is 7.45. The van der Waals surface area contributed by atoms with Gasteiger partial charge in [-0.15, -0.1) is 0 Å². The van der Waals surface area contributed by atoms with Crippen molar-refractivity contribution in [2.75, 3.05) is 38.2 Å². The molecule has 5 rings (SSSR count). The maximum absolute atomic E-state index is 12.9. The van der Waals surface area contributed by atoms with Crippen molar-refractivity contribution in [1.29, 1.82) is 0 Å². The van der Waals surface area contributed by atoms with Gasteiger partial charge in [-0.3, -0.25) is 4.79 Å². The minimum absolute atomic E-state index is 0.151. The van der Waals surface area contributed by atoms with Crippen molar-refractivity contribution in [1.82, 2.24) is 15.0 Å². The van der Waals surface area contributed by atoms with Crippen LogP contribution in [-0.2, 0) is 6.42 Å². The first-order valence-corrected chi connectivity index (χ1v) is 10.2. The number of carbonyl (C=O) groups excluding carboxylic acids is 1. The minimum Gasteiger partial charge on any atom is -0.497 e. The van der Waals surface area contributed by atoms with Crippen LogP contribution in [0.25, 0.3) is 11.1 Å². The molecule has 4 aromatic rings. The van der Waals surface area contributed by atoms with Gasteiger partial charge < -0.3 is 23.5 Å². The lowest BCUT2D eigenvalue weighted by atomic mass is 10.1. The molecule has 1 fully saturated rings. The molecule has 2 aromatic heterocycles. The first kappa shape index (κ1) is 19.2. The third-order valence-corrected chi connectivity index (χ3v) is 5.41. The fourth-order valence-electron chi connectivity index (χ4n) is 3.74. The van der Waals surface area contributed by atoms with Crippen LogP contribution < -0.4 is 9.64 Å². The van der Waals surface area contributed by atoms with Crippen LogP contribution in [0.4, 0.5) is 6.01 Å². The van der Waals surface area contributed by atoms with Crippen LogP contribution in [0.2, 0.25) is 0 Å². The number of hydrogen-bond donors (Lipinski definition) is 0. The molecular formula is C23H22N4O4. The lowest BCUT2D eigenvalue weighted by molar-refractivity contribution is 0.0703. The van der Waals surface area contributed by atoms with E-state index in [0.717, 1.165) is 22.4 Å². The molecule has 3 heterocycles. The first-order valence-electron chi connectivity index (χ1n) is 10.2. The van der Waals surface area contributed by atoms with E-state index in [1.807, 2.05) is 48.5 Å². The average Bonchev–Trinajstić information content (AvgIpc) is 3.46. The number of nitrogens with zero attached hydrogens (tertiary/aromatic N) is 4. The van der Waals surface area contributed by atoms with Crippen molar-refractivity contribution in [3.05, 3.63) is 71.6 Å². The molecule has 0 N–H and O–H groups in total. The molecule has 0 unspecified atom stereocenters. The van der Waals surface area contributed by atoms with Gasteiger partial charge in [-0.2, -0.15) is 4.98 Å². The number of carbonyl (C=O) groups is 1. The third-order valence-electron chi connectivity index (χ3n) is 5.41. The highest BCUT2D eigenvalue weighted by molar-refractivity contribution is 5.91. The lowest BCUT2D eigenvalue weighted by Gasteiger charge is -2.33. The van der Waals surface area contributed by atoms with Gasteiger partial charge in [0.1, 0.15) is 11.3 Å². The summed E-state index contributed by atoms with van der Waals surface area (Å²) in [5.74, 6) is 0.893. The molecule has 8 nitrogen and oxygen atoms in total. The molecule has 0 atom stereocenters. The second kappa shape index (κ2) is 8.14. The van der Waals surface area contributed by atoms with Crippen LogP contribution in [0.3, 0.4) is 0 Å². The zero-order chi connectivity index (χ0) is 21.2. The van der Waals surface area contributed by atoms with E-state index in [4.69, 9.17) is 13.7 Å². The van der Waals surface area contributed by atoms with Gasteiger partial charge in [0.2, 0.25) is 5.76 Å². The molecule has 1 aliphatic heterocycles. The molecule has 1 saturated heterocycles. The Balaban J connectivity index is 1.21. The fourth-order valence-corrected chi connectivity index (χ4v) is 3.74. The van der Waals surface area contributed by atoms with Crippen molar-refractivity contribution in [3.8, 4) is 5.75 Å². The number of oxazole rings is 1. The summed E-state index contributed by atoms with van der Waals surface area (Å²) in [5, 5.41) is 4.07. The Bertz CT molecular complexity index is 1170. The topological polar surface area (TPSA) is 84.8 Å². The molecule has 1 amide bonds. The first-order chi connectivity index (χ1) is 15.2. The number of hydrogen-bond acceptors (Lipinski definition) is 7. The predicted octanol–water partition coefficient (Wildman–Crippen LogP) is 3.38. The van der Waals surface area contributed by atoms with E-state index in [1.165, 1.54) is 0 Å². The summed E-state index contributed by atoms with van der Waals surface area (Å²) in [6.07, 6.45) is 0.569. The van der Waals surface area contributed by atoms with Crippen molar-refractivity contribution < 1.29 is 18.5 Å². The highest BCUT2D eigenvalue weighted by atomic mass is 16.5. The van der Waals surface area contributed by atoms with E-state index in [-0.39, 0.29) is 11.7 Å². The van der Waals surface area contributed by atoms with Crippen LogP contribution in [0.1, 0.15) is 21.8 Å². The Morgan fingerprint density at radius 3 is 2.71 bits per heavy atom. The summed E-state index contributed by atoms with van der Waals surface area (Å²) in [6, 6.07) is 17.7. The van der Waals surface area contributed by atoms with E-state index in [2.05, 4.69) is 15.0 Å². The van der Waals surface area contributed by atoms with Gasteiger partial charge in [0.25, 0.3) is 11.9 Å². The third kappa shape index (κ3) is 3.96. The maximum Gasteiger partial charge on any atom is 0.298 e. The number of aromatic nitrogens is 2. The SMILES string of the molecule is COc1cccc(Cc2cc(C(=O)N3CCN(c4nc5ccccc5o4)CC3)on2)c1. The number of rotatable bonds is 5. The summed E-state index contributed by atoms with van der Waals surface area (Å²) in [4.78, 5) is 21.2. The summed E-state index contributed by atoms with van der Waals surface area (Å²) < 4.78 is 16.4. The van der Waals surface area contributed by atoms with Gasteiger partial charge in [0.05, 0.1) is 12.8 Å². The van der Waals surface area contributed by atoms with Crippen LogP contribution in [-0.4, -0.2) is 54.2 Å². The number of fused-ring (bicyclic) bond motifs is 1. The molecule has 8 heteroatoms. The van der Waals surface area contributed by atoms with Gasteiger partial charge in [-0.25, -0.2) is 0 Å². The zero-order valence-electron chi connectivity index (χ0n) is 17.2. The Hall–Kier alpha value is -3.81. The highest BCUT2D eigenvalue weighted by Crippen LogP contribution is 2.23. The molecule has 0 bridgehead atoms.